The van der Waals surface area contributed by atoms with E-state index >= 15 is 0 Å². The normalized spacial score (nSPS) is 10.9. The van der Waals surface area contributed by atoms with Gasteiger partial charge in [0.25, 0.3) is 0 Å². The van der Waals surface area contributed by atoms with Gasteiger partial charge < -0.3 is 14.6 Å². The van der Waals surface area contributed by atoms with Crippen LogP contribution in [0.1, 0.15) is 23.4 Å². The van der Waals surface area contributed by atoms with Crippen LogP contribution >= 0.6 is 11.6 Å². The van der Waals surface area contributed by atoms with E-state index in [4.69, 9.17) is 21.3 Å². The van der Waals surface area contributed by atoms with E-state index in [2.05, 4.69) is 14.9 Å². The molecule has 0 spiro atoms. The smallest absolute Gasteiger partial charge is 0.220 e. The van der Waals surface area contributed by atoms with Crippen LogP contribution in [0.2, 0.25) is 5.02 Å². The second-order valence-corrected chi connectivity index (χ2v) is 7.58. The number of ether oxygens (including phenoxy) is 1. The zero-order valence-corrected chi connectivity index (χ0v) is 18.0. The Balaban J connectivity index is 1.47. The van der Waals surface area contributed by atoms with E-state index in [1.807, 2.05) is 60.7 Å². The highest BCUT2D eigenvalue weighted by Crippen LogP contribution is 2.19. The van der Waals surface area contributed by atoms with Crippen LogP contribution in [0.15, 0.2) is 66.9 Å². The molecular weight excluding hydrogens is 412 g/mol. The summed E-state index contributed by atoms with van der Waals surface area (Å²) in [5, 5.41) is 3.58. The van der Waals surface area contributed by atoms with Crippen LogP contribution in [-0.2, 0) is 24.3 Å². The van der Waals surface area contributed by atoms with Crippen molar-refractivity contribution in [2.45, 2.75) is 25.9 Å². The number of fused-ring (bicyclic) bond motifs is 1. The summed E-state index contributed by atoms with van der Waals surface area (Å²) >= 11 is 6.16. The number of aryl methyl sites for hydroxylation is 1. The van der Waals surface area contributed by atoms with Gasteiger partial charge in [-0.1, -0.05) is 41.9 Å². The monoisotopic (exact) mass is 434 g/mol. The number of imidazole rings is 1. The highest BCUT2D eigenvalue weighted by atomic mass is 35.5. The maximum Gasteiger partial charge on any atom is 0.220 e. The quantitative estimate of drug-likeness (QED) is 0.446. The molecule has 2 aromatic carbocycles. The molecule has 4 aromatic rings. The number of hydrogen-bond acceptors (Lipinski definition) is 4. The number of aromatic nitrogens is 3. The second-order valence-electron chi connectivity index (χ2n) is 7.18. The van der Waals surface area contributed by atoms with Gasteiger partial charge in [-0.05, 0) is 41.5 Å². The molecule has 0 radical (unpaired) electrons. The van der Waals surface area contributed by atoms with Gasteiger partial charge in [-0.3, -0.25) is 4.79 Å². The summed E-state index contributed by atoms with van der Waals surface area (Å²) in [7, 11) is 1.65. The van der Waals surface area contributed by atoms with E-state index in [1.54, 1.807) is 13.3 Å². The maximum absolute atomic E-state index is 12.4. The molecule has 0 saturated carbocycles. The molecule has 2 aromatic heterocycles. The Morgan fingerprint density at radius 2 is 1.90 bits per heavy atom. The molecule has 0 fully saturated rings. The minimum Gasteiger partial charge on any atom is -0.497 e. The van der Waals surface area contributed by atoms with Gasteiger partial charge in [0.15, 0.2) is 5.65 Å². The Hall–Kier alpha value is -3.38. The molecule has 1 amide bonds. The minimum absolute atomic E-state index is 0.0454. The summed E-state index contributed by atoms with van der Waals surface area (Å²) in [6, 6.07) is 19.2. The molecule has 0 aliphatic rings. The fraction of sp³-hybridized carbons (Fsp3) is 0.208. The fourth-order valence-electron chi connectivity index (χ4n) is 3.43. The number of carbonyl (C=O) groups is 1. The Morgan fingerprint density at radius 3 is 2.68 bits per heavy atom. The lowest BCUT2D eigenvalue weighted by molar-refractivity contribution is -0.121. The zero-order valence-electron chi connectivity index (χ0n) is 17.2. The summed E-state index contributed by atoms with van der Waals surface area (Å²) < 4.78 is 7.31. The average molecular weight is 435 g/mol. The van der Waals surface area contributed by atoms with Crippen LogP contribution in [-0.4, -0.2) is 27.6 Å². The number of methoxy groups -OCH3 is 1. The van der Waals surface area contributed by atoms with Gasteiger partial charge in [0, 0.05) is 30.6 Å². The highest BCUT2D eigenvalue weighted by Gasteiger charge is 2.14. The summed E-state index contributed by atoms with van der Waals surface area (Å²) in [5.41, 5.74) is 3.64. The van der Waals surface area contributed by atoms with Crippen molar-refractivity contribution < 1.29 is 9.53 Å². The number of nitrogens with zero attached hydrogens (tertiary/aromatic N) is 3. The van der Waals surface area contributed by atoms with Crippen molar-refractivity contribution in [3.63, 3.8) is 0 Å². The Kier molecular flexibility index (Phi) is 6.48. The first-order chi connectivity index (χ1) is 15.1. The van der Waals surface area contributed by atoms with Crippen molar-refractivity contribution in [3.05, 3.63) is 88.8 Å². The number of benzene rings is 2. The summed E-state index contributed by atoms with van der Waals surface area (Å²) in [6.45, 7) is 1.02. The number of carbonyl (C=O) groups excluding carboxylic acids is 1. The van der Waals surface area contributed by atoms with Crippen LogP contribution < -0.4 is 10.1 Å². The third-order valence-corrected chi connectivity index (χ3v) is 5.46. The number of hydrogen-bond donors (Lipinski definition) is 1. The molecule has 0 saturated heterocycles. The van der Waals surface area contributed by atoms with Gasteiger partial charge in [0.1, 0.15) is 17.1 Å². The summed E-state index contributed by atoms with van der Waals surface area (Å²) in [6.07, 6.45) is 2.60. The third kappa shape index (κ3) is 5.03. The van der Waals surface area contributed by atoms with Crippen molar-refractivity contribution >= 4 is 28.7 Å². The first-order valence-corrected chi connectivity index (χ1v) is 10.4. The molecule has 7 heteroatoms. The largest absolute Gasteiger partial charge is 0.497 e. The third-order valence-electron chi connectivity index (χ3n) is 5.09. The first kappa shape index (κ1) is 20.9. The van der Waals surface area contributed by atoms with E-state index < -0.39 is 0 Å². The lowest BCUT2D eigenvalue weighted by Crippen LogP contribution is -2.23. The Labute approximate surface area is 185 Å². The van der Waals surface area contributed by atoms with E-state index in [1.165, 1.54) is 0 Å². The van der Waals surface area contributed by atoms with Crippen molar-refractivity contribution in [3.8, 4) is 5.75 Å². The van der Waals surface area contributed by atoms with Crippen molar-refractivity contribution in [2.24, 2.45) is 0 Å². The van der Waals surface area contributed by atoms with Crippen molar-refractivity contribution in [2.75, 3.05) is 7.11 Å². The van der Waals surface area contributed by atoms with Gasteiger partial charge in [-0.2, -0.15) is 0 Å². The minimum atomic E-state index is -0.0454. The van der Waals surface area contributed by atoms with Crippen molar-refractivity contribution in [1.29, 1.82) is 0 Å². The molecular formula is C24H23ClN4O2. The van der Waals surface area contributed by atoms with E-state index in [-0.39, 0.29) is 5.91 Å². The predicted octanol–water partition coefficient (Wildman–Crippen LogP) is 4.39. The molecule has 31 heavy (non-hydrogen) atoms. The number of pyridine rings is 1. The highest BCUT2D eigenvalue weighted by molar-refractivity contribution is 6.31. The molecule has 0 unspecified atom stereocenters. The van der Waals surface area contributed by atoms with Crippen LogP contribution in [0, 0.1) is 0 Å². The fourth-order valence-corrected chi connectivity index (χ4v) is 3.63. The lowest BCUT2D eigenvalue weighted by Gasteiger charge is -2.10. The van der Waals surface area contributed by atoms with Crippen LogP contribution in [0.5, 0.6) is 5.75 Å². The molecule has 2 heterocycles. The second kappa shape index (κ2) is 9.62. The average Bonchev–Trinajstić information content (AvgIpc) is 3.15. The van der Waals surface area contributed by atoms with Crippen molar-refractivity contribution in [1.82, 2.24) is 19.9 Å². The SMILES string of the molecule is COc1ccc(Cn2c(CCC(=O)NCc3ccccc3Cl)nc3cccnc32)cc1. The molecule has 0 aliphatic heterocycles. The first-order valence-electron chi connectivity index (χ1n) is 10.1. The molecule has 0 bridgehead atoms. The van der Waals surface area contributed by atoms with E-state index in [0.717, 1.165) is 33.9 Å². The molecule has 1 N–H and O–H groups in total. The summed E-state index contributed by atoms with van der Waals surface area (Å²) in [4.78, 5) is 21.7. The van der Waals surface area contributed by atoms with Gasteiger partial charge in [0.05, 0.1) is 13.7 Å². The molecule has 4 rings (SSSR count). The Morgan fingerprint density at radius 1 is 1.10 bits per heavy atom. The number of rotatable bonds is 8. The molecule has 158 valence electrons. The topological polar surface area (TPSA) is 69.0 Å². The number of amides is 1. The zero-order chi connectivity index (χ0) is 21.6. The Bertz CT molecular complexity index is 1190. The lowest BCUT2D eigenvalue weighted by atomic mass is 10.2. The van der Waals surface area contributed by atoms with E-state index in [0.29, 0.717) is 31.0 Å². The van der Waals surface area contributed by atoms with Gasteiger partial charge in [-0.25, -0.2) is 9.97 Å². The standard InChI is InChI=1S/C24H23ClN4O2/c1-31-19-10-8-17(9-11-19)16-29-22(28-21-7-4-14-26-24(21)29)12-13-23(30)27-15-18-5-2-3-6-20(18)25/h2-11,14H,12-13,15-16H2,1H3,(H,27,30). The molecule has 0 aliphatic carbocycles. The van der Waals surface area contributed by atoms with E-state index in [9.17, 15) is 4.79 Å². The van der Waals surface area contributed by atoms with Gasteiger partial charge >= 0.3 is 0 Å². The van der Waals surface area contributed by atoms with Gasteiger partial charge in [-0.15, -0.1) is 0 Å². The molecule has 0 atom stereocenters. The number of halogens is 1. The van der Waals surface area contributed by atoms with Crippen LogP contribution in [0.3, 0.4) is 0 Å². The maximum atomic E-state index is 12.4. The van der Waals surface area contributed by atoms with Gasteiger partial charge in [0.2, 0.25) is 5.91 Å². The van der Waals surface area contributed by atoms with Crippen LogP contribution in [0.25, 0.3) is 11.2 Å². The summed E-state index contributed by atoms with van der Waals surface area (Å²) in [5.74, 6) is 1.60. The molecule has 6 nitrogen and oxygen atoms in total. The number of nitrogens with one attached hydrogen (secondary N) is 1. The van der Waals surface area contributed by atoms with Crippen LogP contribution in [0.4, 0.5) is 0 Å². The predicted molar refractivity (Wildman–Crippen MR) is 121 cm³/mol.